The van der Waals surface area contributed by atoms with Gasteiger partial charge in [0.2, 0.25) is 6.71 Å². The zero-order chi connectivity index (χ0) is 82.7. The van der Waals surface area contributed by atoms with Crippen LogP contribution in [0, 0.1) is 0 Å². The number of rotatable bonds is 14. The van der Waals surface area contributed by atoms with Crippen LogP contribution in [-0.2, 0) is 16.2 Å². The quantitative estimate of drug-likeness (QED) is 0.100. The Morgan fingerprint density at radius 1 is 0.230 bits per heavy atom. The van der Waals surface area contributed by atoms with E-state index in [0.717, 1.165) is 141 Å². The van der Waals surface area contributed by atoms with Gasteiger partial charge in [0.05, 0.1) is 28.4 Å². The molecule has 0 atom stereocenters. The third-order valence-corrected chi connectivity index (χ3v) is 26.5. The number of hydrogen-bond donors (Lipinski definition) is 0. The highest BCUT2D eigenvalue weighted by atomic mass is 32.2. The minimum absolute atomic E-state index is 0.00158. The molecule has 586 valence electrons. The lowest BCUT2D eigenvalue weighted by Gasteiger charge is -2.47. The average molecular weight is 1590 g/mol. The number of hydrogen-bond acceptors (Lipinski definition) is 6. The largest absolute Gasteiger partial charge is 0.311 e. The summed E-state index contributed by atoms with van der Waals surface area (Å²) >= 11 is 1.90. The first kappa shape index (κ1) is 75.7. The SMILES string of the molecule is CC(C)(C)c1ccc(-c2ccccc2N(c2ccccc2)c2cc3c4c(c2)N(c2ccccc2)c2cc5c(cc2B4c2ccccc2S3)B2c3ccccc3N(c3ccccc3-c3ccc(C(C)(C)C)cc3)c3cc(N(c4ccccc4)c4ccccc4-c4ccc(C(C)(C)C)cc4)cc(c32)N5c2c(-c3ccccc3)cccc2-c2ccccc2)cc1. The highest BCUT2D eigenvalue weighted by Gasteiger charge is 2.49. The number of fused-ring (bicyclic) bond motifs is 8. The third kappa shape index (κ3) is 13.1. The van der Waals surface area contributed by atoms with Crippen molar-refractivity contribution in [3.63, 3.8) is 0 Å². The Balaban J connectivity index is 0.893. The molecule has 0 saturated heterocycles. The molecule has 4 aliphatic rings. The van der Waals surface area contributed by atoms with Crippen LogP contribution in [0.15, 0.2) is 410 Å². The standard InChI is InChI=1S/C114H93B2N5S/c1-112(2,3)81-64-58-78(59-65-81)89-46-25-30-53-98(89)117(84-40-19-12-20-41-84)87-70-104-109-105(71-87)121(111-92(76-36-15-10-16-37-76)49-35-50-93(111)77-38-17-11-18-39-77)103-75-102-96(74-97(103)115(109)94-51-28-33-56-101(94)120(104)100-55-32-27-48-91(100)80-62-68-83(69-63-80)114(7,8)9)116-95-52-29-34-57-107(95)122-108-73-88(72-106(110(108)116)119(102)86-44-23-14-24-45-86)118(85-42-21-13-22-43-85)99-54-31-26-47-90(99)79-60-66-82(67-61-79)113(4,5)6/h10-75H,1-9H3. The second kappa shape index (κ2) is 30.2. The fraction of sp³-hybridized carbons (Fsp3) is 0.105. The number of para-hydroxylation sites is 8. The Kier molecular flexibility index (Phi) is 18.7. The van der Waals surface area contributed by atoms with Crippen molar-refractivity contribution in [3.8, 4) is 55.6 Å². The van der Waals surface area contributed by atoms with Crippen molar-refractivity contribution in [2.24, 2.45) is 0 Å². The Morgan fingerprint density at radius 2 is 0.598 bits per heavy atom. The minimum atomic E-state index is -0.301. The lowest BCUT2D eigenvalue weighted by molar-refractivity contribution is 0.590. The second-order valence-electron chi connectivity index (χ2n) is 36.0. The number of nitrogens with zero attached hydrogens (tertiary/aromatic N) is 5. The van der Waals surface area contributed by atoms with E-state index >= 15 is 0 Å². The molecule has 5 nitrogen and oxygen atoms in total. The van der Waals surface area contributed by atoms with Crippen LogP contribution < -0.4 is 57.3 Å². The molecule has 4 heterocycles. The molecule has 0 N–H and O–H groups in total. The highest BCUT2D eigenvalue weighted by Crippen LogP contribution is 2.56. The van der Waals surface area contributed by atoms with E-state index in [1.54, 1.807) is 0 Å². The monoisotopic (exact) mass is 1590 g/mol. The zero-order valence-corrected chi connectivity index (χ0v) is 71.2. The van der Waals surface area contributed by atoms with Gasteiger partial charge in [0, 0.05) is 94.5 Å². The van der Waals surface area contributed by atoms with Crippen molar-refractivity contribution in [1.82, 2.24) is 0 Å². The van der Waals surface area contributed by atoms with Crippen molar-refractivity contribution >= 4 is 143 Å². The van der Waals surface area contributed by atoms with Gasteiger partial charge in [-0.05, 0) is 185 Å². The van der Waals surface area contributed by atoms with E-state index in [1.807, 2.05) is 11.8 Å². The maximum atomic E-state index is 2.73. The molecule has 0 unspecified atom stereocenters. The van der Waals surface area contributed by atoms with Crippen LogP contribution in [0.25, 0.3) is 55.6 Å². The number of benzene rings is 17. The molecule has 0 saturated carbocycles. The summed E-state index contributed by atoms with van der Waals surface area (Å²) in [6, 6.07) is 152. The summed E-state index contributed by atoms with van der Waals surface area (Å²) in [6.45, 7) is 20.2. The summed E-state index contributed by atoms with van der Waals surface area (Å²) < 4.78 is 0. The van der Waals surface area contributed by atoms with E-state index < -0.39 is 0 Å². The third-order valence-electron chi connectivity index (χ3n) is 25.4. The molecule has 0 bridgehead atoms. The molecule has 4 aliphatic heterocycles. The summed E-state index contributed by atoms with van der Waals surface area (Å²) in [5.74, 6) is 0. The molecule has 0 spiro atoms. The lowest BCUT2D eigenvalue weighted by Crippen LogP contribution is -2.64. The molecular weight excluding hydrogens is 1490 g/mol. The lowest BCUT2D eigenvalue weighted by atomic mass is 9.30. The fourth-order valence-electron chi connectivity index (χ4n) is 19.4. The van der Waals surface area contributed by atoms with Gasteiger partial charge >= 0.3 is 0 Å². The molecule has 8 heteroatoms. The van der Waals surface area contributed by atoms with Gasteiger partial charge in [-0.2, -0.15) is 0 Å². The molecule has 17 aromatic carbocycles. The van der Waals surface area contributed by atoms with Crippen LogP contribution in [0.3, 0.4) is 0 Å². The summed E-state index contributed by atoms with van der Waals surface area (Å²) in [5.41, 5.74) is 38.8. The van der Waals surface area contributed by atoms with Crippen LogP contribution in [0.4, 0.5) is 85.3 Å². The van der Waals surface area contributed by atoms with Crippen LogP contribution in [0.2, 0.25) is 0 Å². The Labute approximate surface area is 723 Å². The first-order chi connectivity index (χ1) is 59.5. The van der Waals surface area contributed by atoms with E-state index in [4.69, 9.17) is 0 Å². The first-order valence-corrected chi connectivity index (χ1v) is 43.7. The molecule has 17 aromatic rings. The van der Waals surface area contributed by atoms with Crippen LogP contribution in [0.1, 0.15) is 79.0 Å². The van der Waals surface area contributed by atoms with Crippen LogP contribution in [0.5, 0.6) is 0 Å². The van der Waals surface area contributed by atoms with E-state index in [2.05, 4.69) is 487 Å². The summed E-state index contributed by atoms with van der Waals surface area (Å²) in [4.78, 5) is 15.5. The van der Waals surface area contributed by atoms with Crippen LogP contribution in [-0.4, -0.2) is 13.4 Å². The van der Waals surface area contributed by atoms with Gasteiger partial charge in [-0.15, -0.1) is 0 Å². The van der Waals surface area contributed by atoms with Gasteiger partial charge < -0.3 is 24.5 Å². The van der Waals surface area contributed by atoms with Gasteiger partial charge in [0.1, 0.15) is 0 Å². The van der Waals surface area contributed by atoms with Crippen molar-refractivity contribution < 1.29 is 0 Å². The minimum Gasteiger partial charge on any atom is -0.311 e. The van der Waals surface area contributed by atoms with E-state index in [-0.39, 0.29) is 29.7 Å². The van der Waals surface area contributed by atoms with Crippen molar-refractivity contribution in [1.29, 1.82) is 0 Å². The summed E-state index contributed by atoms with van der Waals surface area (Å²) in [6.07, 6.45) is 0. The molecule has 0 radical (unpaired) electrons. The average Bonchev–Trinajstić information content (AvgIpc) is 0.678. The molecule has 0 amide bonds. The van der Waals surface area contributed by atoms with Gasteiger partial charge in [-0.1, -0.05) is 383 Å². The molecule has 21 rings (SSSR count). The van der Waals surface area contributed by atoms with Crippen LogP contribution >= 0.6 is 11.8 Å². The predicted molar refractivity (Wildman–Crippen MR) is 523 cm³/mol. The number of anilines is 15. The van der Waals surface area contributed by atoms with Gasteiger partial charge in [-0.25, -0.2) is 0 Å². The summed E-state index contributed by atoms with van der Waals surface area (Å²) in [7, 11) is 0. The highest BCUT2D eigenvalue weighted by molar-refractivity contribution is 8.00. The Morgan fingerprint density at radius 3 is 1.11 bits per heavy atom. The fourth-order valence-corrected chi connectivity index (χ4v) is 20.6. The zero-order valence-electron chi connectivity index (χ0n) is 70.4. The van der Waals surface area contributed by atoms with Gasteiger partial charge in [0.15, 0.2) is 0 Å². The maximum Gasteiger partial charge on any atom is 0.252 e. The van der Waals surface area contributed by atoms with E-state index in [9.17, 15) is 0 Å². The van der Waals surface area contributed by atoms with Gasteiger partial charge in [-0.3, -0.25) is 0 Å². The Bertz CT molecular complexity index is 6800. The van der Waals surface area contributed by atoms with Crippen molar-refractivity contribution in [2.75, 3.05) is 24.5 Å². The molecule has 122 heavy (non-hydrogen) atoms. The van der Waals surface area contributed by atoms with Crippen molar-refractivity contribution in [3.05, 3.63) is 417 Å². The van der Waals surface area contributed by atoms with Crippen molar-refractivity contribution in [2.45, 2.75) is 88.3 Å². The topological polar surface area (TPSA) is 16.2 Å². The Hall–Kier alpha value is -13.8. The molecule has 0 aromatic heterocycles. The molecular formula is C114H93B2N5S. The molecule has 0 fully saturated rings. The molecule has 0 aliphatic carbocycles. The van der Waals surface area contributed by atoms with Gasteiger partial charge in [0.25, 0.3) is 6.71 Å². The predicted octanol–water partition coefficient (Wildman–Crippen LogP) is 27.7. The summed E-state index contributed by atoms with van der Waals surface area (Å²) in [5, 5.41) is 0. The van der Waals surface area contributed by atoms with E-state index in [1.165, 1.54) is 59.3 Å². The first-order valence-electron chi connectivity index (χ1n) is 42.9. The second-order valence-corrected chi connectivity index (χ2v) is 37.0. The smallest absolute Gasteiger partial charge is 0.252 e. The van der Waals surface area contributed by atoms with E-state index in [0.29, 0.717) is 0 Å². The maximum absolute atomic E-state index is 2.73. The normalized spacial score (nSPS) is 13.0.